The van der Waals surface area contributed by atoms with Crippen LogP contribution in [0.15, 0.2) is 24.3 Å². The number of nitrogens with one attached hydrogen (secondary N) is 1. The molecular weight excluding hydrogens is 268 g/mol. The third kappa shape index (κ3) is 4.97. The number of benzene rings is 1. The van der Waals surface area contributed by atoms with Crippen LogP contribution in [0, 0.1) is 0 Å². The van der Waals surface area contributed by atoms with E-state index < -0.39 is 6.10 Å². The molecule has 5 nitrogen and oxygen atoms in total. The van der Waals surface area contributed by atoms with Gasteiger partial charge in [0.05, 0.1) is 25.9 Å². The Bertz CT molecular complexity index is 410. The minimum atomic E-state index is -0.512. The van der Waals surface area contributed by atoms with Crippen LogP contribution in [0.25, 0.3) is 0 Å². The summed E-state index contributed by atoms with van der Waals surface area (Å²) in [7, 11) is 1.64. The van der Waals surface area contributed by atoms with Gasteiger partial charge in [0, 0.05) is 26.2 Å². The normalized spacial score (nSPS) is 21.2. The molecular formula is C16H26N2O3. The number of aliphatic hydroxyl groups excluding tert-OH is 1. The summed E-state index contributed by atoms with van der Waals surface area (Å²) in [6, 6.07) is 7.51. The predicted octanol–water partition coefficient (Wildman–Crippen LogP) is 1.04. The Morgan fingerprint density at radius 3 is 2.86 bits per heavy atom. The van der Waals surface area contributed by atoms with E-state index in [2.05, 4.69) is 17.1 Å². The van der Waals surface area contributed by atoms with Crippen LogP contribution in [0.5, 0.6) is 5.75 Å². The molecule has 0 amide bonds. The smallest absolute Gasteiger partial charge is 0.118 e. The van der Waals surface area contributed by atoms with E-state index in [1.165, 1.54) is 0 Å². The maximum Gasteiger partial charge on any atom is 0.118 e. The van der Waals surface area contributed by atoms with E-state index in [-0.39, 0.29) is 6.10 Å². The molecule has 0 saturated carbocycles. The molecule has 1 fully saturated rings. The first-order chi connectivity index (χ1) is 10.2. The van der Waals surface area contributed by atoms with Gasteiger partial charge in [-0.3, -0.25) is 4.90 Å². The molecule has 0 aliphatic carbocycles. The van der Waals surface area contributed by atoms with Gasteiger partial charge in [0.25, 0.3) is 0 Å². The third-order valence-corrected chi connectivity index (χ3v) is 3.88. The van der Waals surface area contributed by atoms with Crippen molar-refractivity contribution in [2.75, 3.05) is 46.4 Å². The molecule has 0 spiro atoms. The van der Waals surface area contributed by atoms with E-state index in [9.17, 15) is 5.11 Å². The minimum absolute atomic E-state index is 0.210. The van der Waals surface area contributed by atoms with Gasteiger partial charge in [0.15, 0.2) is 0 Å². The molecule has 2 rings (SSSR count). The molecule has 0 bridgehead atoms. The Morgan fingerprint density at radius 2 is 2.19 bits per heavy atom. The van der Waals surface area contributed by atoms with Gasteiger partial charge >= 0.3 is 0 Å². The fraction of sp³-hybridized carbons (Fsp3) is 0.625. The SMILES string of the molecule is CCN1CCOC(CNCC(O)c2ccc(OC)cc2)C1. The van der Waals surface area contributed by atoms with Crippen molar-refractivity contribution in [2.45, 2.75) is 19.1 Å². The predicted molar refractivity (Wildman–Crippen MR) is 82.7 cm³/mol. The molecule has 118 valence electrons. The molecule has 21 heavy (non-hydrogen) atoms. The Hall–Kier alpha value is -1.14. The fourth-order valence-corrected chi connectivity index (χ4v) is 2.52. The second-order valence-corrected chi connectivity index (χ2v) is 5.33. The van der Waals surface area contributed by atoms with Gasteiger partial charge < -0.3 is 19.9 Å². The Kier molecular flexibility index (Phi) is 6.45. The lowest BCUT2D eigenvalue weighted by Gasteiger charge is -2.32. The highest BCUT2D eigenvalue weighted by Crippen LogP contribution is 2.17. The molecule has 1 aromatic rings. The van der Waals surface area contributed by atoms with Crippen LogP contribution in [0.3, 0.4) is 0 Å². The Balaban J connectivity index is 1.72. The average molecular weight is 294 g/mol. The highest BCUT2D eigenvalue weighted by Gasteiger charge is 2.19. The van der Waals surface area contributed by atoms with Crippen LogP contribution >= 0.6 is 0 Å². The summed E-state index contributed by atoms with van der Waals surface area (Å²) in [5.41, 5.74) is 0.892. The number of ether oxygens (including phenoxy) is 2. The lowest BCUT2D eigenvalue weighted by Crippen LogP contribution is -2.46. The van der Waals surface area contributed by atoms with Crippen molar-refractivity contribution in [3.8, 4) is 5.75 Å². The first kappa shape index (κ1) is 16.2. The lowest BCUT2D eigenvalue weighted by molar-refractivity contribution is -0.0262. The number of hydrogen-bond acceptors (Lipinski definition) is 5. The maximum atomic E-state index is 10.2. The second kappa shape index (κ2) is 8.34. The van der Waals surface area contributed by atoms with E-state index in [0.717, 1.165) is 44.1 Å². The summed E-state index contributed by atoms with van der Waals surface area (Å²) in [6.45, 7) is 7.30. The van der Waals surface area contributed by atoms with Gasteiger partial charge in [0.1, 0.15) is 5.75 Å². The molecule has 0 radical (unpaired) electrons. The Labute approximate surface area is 126 Å². The molecule has 1 aromatic carbocycles. The summed E-state index contributed by atoms with van der Waals surface area (Å²) in [4.78, 5) is 2.38. The number of hydrogen-bond donors (Lipinski definition) is 2. The van der Waals surface area contributed by atoms with Crippen molar-refractivity contribution >= 4 is 0 Å². The molecule has 1 saturated heterocycles. The van der Waals surface area contributed by atoms with Crippen LogP contribution in [-0.4, -0.2) is 62.6 Å². The van der Waals surface area contributed by atoms with E-state index in [0.29, 0.717) is 6.54 Å². The van der Waals surface area contributed by atoms with E-state index in [1.807, 2.05) is 24.3 Å². The van der Waals surface area contributed by atoms with Crippen LogP contribution in [-0.2, 0) is 4.74 Å². The van der Waals surface area contributed by atoms with E-state index >= 15 is 0 Å². The van der Waals surface area contributed by atoms with Crippen molar-refractivity contribution in [2.24, 2.45) is 0 Å². The molecule has 5 heteroatoms. The number of nitrogens with zero attached hydrogens (tertiary/aromatic N) is 1. The van der Waals surface area contributed by atoms with Crippen LogP contribution in [0.4, 0.5) is 0 Å². The van der Waals surface area contributed by atoms with Crippen molar-refractivity contribution < 1.29 is 14.6 Å². The standard InChI is InChI=1S/C16H26N2O3/c1-3-18-8-9-21-15(12-18)10-17-11-16(19)13-4-6-14(20-2)7-5-13/h4-7,15-17,19H,3,8-12H2,1-2H3. The number of morpholine rings is 1. The van der Waals surface area contributed by atoms with Crippen LogP contribution in [0.1, 0.15) is 18.6 Å². The quantitative estimate of drug-likeness (QED) is 0.787. The molecule has 2 atom stereocenters. The maximum absolute atomic E-state index is 10.2. The van der Waals surface area contributed by atoms with Gasteiger partial charge in [-0.1, -0.05) is 19.1 Å². The van der Waals surface area contributed by atoms with Gasteiger partial charge in [-0.25, -0.2) is 0 Å². The topological polar surface area (TPSA) is 54.0 Å². The van der Waals surface area contributed by atoms with Crippen molar-refractivity contribution in [3.63, 3.8) is 0 Å². The highest BCUT2D eigenvalue weighted by atomic mass is 16.5. The number of methoxy groups -OCH3 is 1. The van der Waals surface area contributed by atoms with Gasteiger partial charge in [-0.2, -0.15) is 0 Å². The molecule has 2 unspecified atom stereocenters. The number of rotatable bonds is 7. The van der Waals surface area contributed by atoms with Gasteiger partial charge in [-0.15, -0.1) is 0 Å². The summed E-state index contributed by atoms with van der Waals surface area (Å²) in [5, 5.41) is 13.5. The van der Waals surface area contributed by atoms with Gasteiger partial charge in [0.2, 0.25) is 0 Å². The van der Waals surface area contributed by atoms with E-state index in [1.54, 1.807) is 7.11 Å². The second-order valence-electron chi connectivity index (χ2n) is 5.33. The van der Waals surface area contributed by atoms with Crippen LogP contribution < -0.4 is 10.1 Å². The first-order valence-corrected chi connectivity index (χ1v) is 7.59. The minimum Gasteiger partial charge on any atom is -0.497 e. The lowest BCUT2D eigenvalue weighted by atomic mass is 10.1. The molecule has 0 aromatic heterocycles. The summed E-state index contributed by atoms with van der Waals surface area (Å²) in [5.74, 6) is 0.800. The Morgan fingerprint density at radius 1 is 1.43 bits per heavy atom. The summed E-state index contributed by atoms with van der Waals surface area (Å²) >= 11 is 0. The summed E-state index contributed by atoms with van der Waals surface area (Å²) < 4.78 is 10.8. The zero-order valence-electron chi connectivity index (χ0n) is 12.9. The molecule has 1 heterocycles. The van der Waals surface area contributed by atoms with Gasteiger partial charge in [-0.05, 0) is 24.2 Å². The van der Waals surface area contributed by atoms with Crippen molar-refractivity contribution in [1.29, 1.82) is 0 Å². The average Bonchev–Trinajstić information content (AvgIpc) is 2.55. The van der Waals surface area contributed by atoms with Crippen molar-refractivity contribution in [3.05, 3.63) is 29.8 Å². The zero-order chi connectivity index (χ0) is 15.1. The number of aliphatic hydroxyl groups is 1. The monoisotopic (exact) mass is 294 g/mol. The summed E-state index contributed by atoms with van der Waals surface area (Å²) in [6.07, 6.45) is -0.302. The largest absolute Gasteiger partial charge is 0.497 e. The molecule has 2 N–H and O–H groups in total. The van der Waals surface area contributed by atoms with Crippen LogP contribution in [0.2, 0.25) is 0 Å². The van der Waals surface area contributed by atoms with Crippen molar-refractivity contribution in [1.82, 2.24) is 10.2 Å². The zero-order valence-corrected chi connectivity index (χ0v) is 12.9. The number of likely N-dealkylation sites (N-methyl/N-ethyl adjacent to an activating group) is 1. The first-order valence-electron chi connectivity index (χ1n) is 7.59. The highest BCUT2D eigenvalue weighted by molar-refractivity contribution is 5.28. The molecule has 1 aliphatic rings. The fourth-order valence-electron chi connectivity index (χ4n) is 2.52. The van der Waals surface area contributed by atoms with E-state index in [4.69, 9.17) is 9.47 Å². The third-order valence-electron chi connectivity index (χ3n) is 3.88. The molecule has 1 aliphatic heterocycles.